The topological polar surface area (TPSA) is 9.23 Å². The van der Waals surface area contributed by atoms with Crippen molar-refractivity contribution in [1.29, 1.82) is 0 Å². The average Bonchev–Trinajstić information content (AvgIpc) is 2.10. The molecule has 0 saturated heterocycles. The molecule has 0 radical (unpaired) electrons. The molecule has 0 fully saturated rings. The molecule has 0 aliphatic heterocycles. The van der Waals surface area contributed by atoms with Gasteiger partial charge in [0.15, 0.2) is 0 Å². The van der Waals surface area contributed by atoms with Gasteiger partial charge in [-0.15, -0.1) is 0 Å². The first-order chi connectivity index (χ1) is 6.63. The van der Waals surface area contributed by atoms with Gasteiger partial charge in [-0.1, -0.05) is 29.3 Å². The van der Waals surface area contributed by atoms with E-state index in [-0.39, 0.29) is 6.10 Å². The lowest BCUT2D eigenvalue weighted by Crippen LogP contribution is -2.11. The Balaban J connectivity index is 2.67. The Morgan fingerprint density at radius 3 is 2.64 bits per heavy atom. The van der Waals surface area contributed by atoms with E-state index in [4.69, 9.17) is 4.74 Å². The van der Waals surface area contributed by atoms with Crippen molar-refractivity contribution in [3.05, 3.63) is 27.1 Å². The van der Waals surface area contributed by atoms with Crippen LogP contribution in [0.3, 0.4) is 0 Å². The van der Waals surface area contributed by atoms with E-state index < -0.39 is 0 Å². The molecule has 1 atom stereocenters. The fourth-order valence-electron chi connectivity index (χ4n) is 1.25. The second-order valence-electron chi connectivity index (χ2n) is 3.29. The van der Waals surface area contributed by atoms with Gasteiger partial charge in [-0.05, 0) is 47.5 Å². The van der Waals surface area contributed by atoms with E-state index in [0.717, 1.165) is 27.5 Å². The third kappa shape index (κ3) is 3.62. The molecule has 0 heterocycles. The molecule has 0 unspecified atom stereocenters. The molecule has 78 valence electrons. The monoisotopic (exact) mass is 320 g/mol. The molecule has 0 spiro atoms. The largest absolute Gasteiger partial charge is 0.490 e. The van der Waals surface area contributed by atoms with Crippen LogP contribution in [0.25, 0.3) is 0 Å². The van der Waals surface area contributed by atoms with E-state index in [1.807, 2.05) is 18.2 Å². The Morgan fingerprint density at radius 1 is 1.36 bits per heavy atom. The van der Waals surface area contributed by atoms with Crippen LogP contribution in [0.1, 0.15) is 26.7 Å². The maximum Gasteiger partial charge on any atom is 0.133 e. The molecule has 1 aromatic carbocycles. The van der Waals surface area contributed by atoms with E-state index in [9.17, 15) is 0 Å². The summed E-state index contributed by atoms with van der Waals surface area (Å²) in [5.74, 6) is 0.911. The van der Waals surface area contributed by atoms with Crippen LogP contribution in [0.4, 0.5) is 0 Å². The third-order valence-corrected chi connectivity index (χ3v) is 3.03. The average molecular weight is 322 g/mol. The molecule has 1 aromatic rings. The van der Waals surface area contributed by atoms with Crippen LogP contribution in [0.15, 0.2) is 27.1 Å². The van der Waals surface area contributed by atoms with Crippen LogP contribution in [-0.4, -0.2) is 6.10 Å². The summed E-state index contributed by atoms with van der Waals surface area (Å²) in [6.45, 7) is 4.26. The Labute approximate surface area is 102 Å². The van der Waals surface area contributed by atoms with Gasteiger partial charge >= 0.3 is 0 Å². The van der Waals surface area contributed by atoms with Gasteiger partial charge in [-0.3, -0.25) is 0 Å². The van der Waals surface area contributed by atoms with E-state index >= 15 is 0 Å². The minimum absolute atomic E-state index is 0.275. The second kappa shape index (κ2) is 5.76. The highest BCUT2D eigenvalue weighted by Crippen LogP contribution is 2.29. The van der Waals surface area contributed by atoms with Crippen molar-refractivity contribution in [2.24, 2.45) is 0 Å². The number of hydrogen-bond donors (Lipinski definition) is 0. The highest BCUT2D eigenvalue weighted by Gasteiger charge is 2.06. The summed E-state index contributed by atoms with van der Waals surface area (Å²) in [5.41, 5.74) is 0. The standard InChI is InChI=1S/C11H14Br2O/c1-3-4-8(2)14-11-6-5-9(12)7-10(11)13/h5-8H,3-4H2,1-2H3/t8-/m0/s1. The summed E-state index contributed by atoms with van der Waals surface area (Å²) in [4.78, 5) is 0. The van der Waals surface area contributed by atoms with Gasteiger partial charge < -0.3 is 4.74 Å². The van der Waals surface area contributed by atoms with Crippen molar-refractivity contribution < 1.29 is 4.74 Å². The van der Waals surface area contributed by atoms with Crippen LogP contribution in [0, 0.1) is 0 Å². The molecule has 0 amide bonds. The highest BCUT2D eigenvalue weighted by atomic mass is 79.9. The minimum Gasteiger partial charge on any atom is -0.490 e. The van der Waals surface area contributed by atoms with Crippen molar-refractivity contribution in [2.45, 2.75) is 32.8 Å². The predicted octanol–water partition coefficient (Wildman–Crippen LogP) is 4.78. The van der Waals surface area contributed by atoms with E-state index in [1.54, 1.807) is 0 Å². The van der Waals surface area contributed by atoms with Gasteiger partial charge in [0.2, 0.25) is 0 Å². The first-order valence-corrected chi connectivity index (χ1v) is 6.33. The summed E-state index contributed by atoms with van der Waals surface area (Å²) < 4.78 is 7.82. The smallest absolute Gasteiger partial charge is 0.133 e. The number of ether oxygens (including phenoxy) is 1. The van der Waals surface area contributed by atoms with Crippen LogP contribution in [0.2, 0.25) is 0 Å². The molecule has 0 aliphatic rings. The zero-order valence-electron chi connectivity index (χ0n) is 8.39. The molecule has 0 aliphatic carbocycles. The lowest BCUT2D eigenvalue weighted by molar-refractivity contribution is 0.208. The van der Waals surface area contributed by atoms with Gasteiger partial charge in [-0.25, -0.2) is 0 Å². The van der Waals surface area contributed by atoms with Gasteiger partial charge in [-0.2, -0.15) is 0 Å². The SMILES string of the molecule is CCC[C@H](C)Oc1ccc(Br)cc1Br. The summed E-state index contributed by atoms with van der Waals surface area (Å²) in [7, 11) is 0. The zero-order chi connectivity index (χ0) is 10.6. The number of hydrogen-bond acceptors (Lipinski definition) is 1. The van der Waals surface area contributed by atoms with E-state index in [0.29, 0.717) is 0 Å². The van der Waals surface area contributed by atoms with Crippen molar-refractivity contribution in [3.63, 3.8) is 0 Å². The normalized spacial score (nSPS) is 12.6. The van der Waals surface area contributed by atoms with Crippen LogP contribution in [-0.2, 0) is 0 Å². The van der Waals surface area contributed by atoms with Gasteiger partial charge in [0.25, 0.3) is 0 Å². The molecule has 0 N–H and O–H groups in total. The zero-order valence-corrected chi connectivity index (χ0v) is 11.6. The lowest BCUT2D eigenvalue weighted by Gasteiger charge is -2.14. The summed E-state index contributed by atoms with van der Waals surface area (Å²) in [6.07, 6.45) is 2.51. The third-order valence-electron chi connectivity index (χ3n) is 1.92. The molecule has 14 heavy (non-hydrogen) atoms. The van der Waals surface area contributed by atoms with Crippen molar-refractivity contribution in [1.82, 2.24) is 0 Å². The van der Waals surface area contributed by atoms with Crippen molar-refractivity contribution in [2.75, 3.05) is 0 Å². The number of benzene rings is 1. The first kappa shape index (κ1) is 12.1. The number of halogens is 2. The van der Waals surface area contributed by atoms with Crippen LogP contribution in [0.5, 0.6) is 5.75 Å². The first-order valence-electron chi connectivity index (χ1n) is 4.75. The Hall–Kier alpha value is -0.0200. The molecule has 0 bridgehead atoms. The van der Waals surface area contributed by atoms with E-state index in [2.05, 4.69) is 45.7 Å². The quantitative estimate of drug-likeness (QED) is 0.775. The maximum absolute atomic E-state index is 5.77. The Kier molecular flexibility index (Phi) is 4.96. The molecule has 1 rings (SSSR count). The molecular weight excluding hydrogens is 308 g/mol. The van der Waals surface area contributed by atoms with Crippen LogP contribution >= 0.6 is 31.9 Å². The molecular formula is C11H14Br2O. The molecule has 1 nitrogen and oxygen atoms in total. The molecule has 0 saturated carbocycles. The summed E-state index contributed by atoms with van der Waals surface area (Å²) >= 11 is 6.88. The van der Waals surface area contributed by atoms with E-state index in [1.165, 1.54) is 0 Å². The maximum atomic E-state index is 5.77. The summed E-state index contributed by atoms with van der Waals surface area (Å²) in [6, 6.07) is 5.95. The Bertz CT molecular complexity index is 299. The minimum atomic E-state index is 0.275. The van der Waals surface area contributed by atoms with Gasteiger partial charge in [0, 0.05) is 4.47 Å². The van der Waals surface area contributed by atoms with Gasteiger partial charge in [0.1, 0.15) is 5.75 Å². The molecule has 3 heteroatoms. The second-order valence-corrected chi connectivity index (χ2v) is 5.06. The predicted molar refractivity (Wildman–Crippen MR) is 66.8 cm³/mol. The number of rotatable bonds is 4. The van der Waals surface area contributed by atoms with Crippen molar-refractivity contribution >= 4 is 31.9 Å². The fourth-order valence-corrected chi connectivity index (χ4v) is 2.39. The lowest BCUT2D eigenvalue weighted by atomic mass is 10.2. The van der Waals surface area contributed by atoms with Crippen molar-refractivity contribution in [3.8, 4) is 5.75 Å². The fraction of sp³-hybridized carbons (Fsp3) is 0.455. The molecule has 0 aromatic heterocycles. The van der Waals surface area contributed by atoms with Gasteiger partial charge in [0.05, 0.1) is 10.6 Å². The highest BCUT2D eigenvalue weighted by molar-refractivity contribution is 9.11. The Morgan fingerprint density at radius 2 is 2.07 bits per heavy atom. The van der Waals surface area contributed by atoms with Crippen LogP contribution < -0.4 is 4.74 Å². The summed E-state index contributed by atoms with van der Waals surface area (Å²) in [5, 5.41) is 0.